The van der Waals surface area contributed by atoms with Gasteiger partial charge in [0.15, 0.2) is 8.07 Å². The minimum Gasteiger partial charge on any atom is -0.319 e. The average molecular weight is 318 g/mol. The van der Waals surface area contributed by atoms with Gasteiger partial charge in [-0.1, -0.05) is 97.9 Å². The molecule has 2 heteroatoms. The molecule has 116 valence electrons. The second-order valence-corrected chi connectivity index (χ2v) is 9.68. The van der Waals surface area contributed by atoms with E-state index in [9.17, 15) is 0 Å². The molecule has 0 heterocycles. The van der Waals surface area contributed by atoms with Gasteiger partial charge in [0.25, 0.3) is 0 Å². The van der Waals surface area contributed by atoms with Crippen molar-refractivity contribution in [3.8, 4) is 0 Å². The van der Waals surface area contributed by atoms with Crippen molar-refractivity contribution in [2.75, 3.05) is 12.7 Å². The zero-order chi connectivity index (χ0) is 16.0. The maximum atomic E-state index is 3.65. The fourth-order valence-corrected chi connectivity index (χ4v) is 7.81. The molecule has 3 rings (SSSR count). The van der Waals surface area contributed by atoms with Crippen LogP contribution < -0.4 is 20.9 Å². The average Bonchev–Trinajstić information content (AvgIpc) is 2.65. The summed E-state index contributed by atoms with van der Waals surface area (Å²) in [5, 5.41) is 8.02. The molecule has 0 saturated heterocycles. The normalized spacial score (nSPS) is 11.3. The molecule has 0 atom stereocenters. The third kappa shape index (κ3) is 3.14. The molecule has 1 nitrogen and oxygen atoms in total. The number of hydrogen-bond donors (Lipinski definition) is 1. The van der Waals surface area contributed by atoms with Crippen LogP contribution >= 0.6 is 0 Å². The molecule has 0 fully saturated rings. The van der Waals surface area contributed by atoms with Crippen LogP contribution in [0.5, 0.6) is 0 Å². The third-order valence-electron chi connectivity index (χ3n) is 4.44. The summed E-state index contributed by atoms with van der Waals surface area (Å²) in [7, 11) is -2.06. The molecule has 0 radical (unpaired) electrons. The summed E-state index contributed by atoms with van der Waals surface area (Å²) < 4.78 is 0. The number of nitrogens with one attached hydrogen (secondary N) is 1. The lowest BCUT2D eigenvalue weighted by atomic mass is 10.3. The van der Waals surface area contributed by atoms with Crippen molar-refractivity contribution < 1.29 is 0 Å². The summed E-state index contributed by atoms with van der Waals surface area (Å²) >= 11 is 0. The Balaban J connectivity index is 2.25. The minimum absolute atomic E-state index is 0.987. The van der Waals surface area contributed by atoms with E-state index in [-0.39, 0.29) is 0 Å². The topological polar surface area (TPSA) is 12.0 Å². The first-order valence-corrected chi connectivity index (χ1v) is 10.5. The van der Waals surface area contributed by atoms with Crippen molar-refractivity contribution in [1.82, 2.24) is 5.32 Å². The number of benzene rings is 3. The quantitative estimate of drug-likeness (QED) is 0.543. The van der Waals surface area contributed by atoms with Gasteiger partial charge in [0.1, 0.15) is 0 Å². The molecule has 0 saturated carbocycles. The van der Waals surface area contributed by atoms with Gasteiger partial charge in [-0.05, 0) is 22.1 Å². The molecule has 23 heavy (non-hydrogen) atoms. The van der Waals surface area contributed by atoms with E-state index in [1.54, 1.807) is 0 Å². The fraction of sp³-hybridized carbons (Fsp3) is 0.143. The second kappa shape index (κ2) is 7.40. The molecular formula is C21H23NSi. The standard InChI is InChI=1S/C21H23NSi/c1-2-22-18-23(19-12-6-3-7-13-19,20-14-8-4-9-15-20)21-16-10-5-11-17-21/h3-17,22H,2,18H2,1H3. The van der Waals surface area contributed by atoms with Crippen LogP contribution in [0.25, 0.3) is 0 Å². The lowest BCUT2D eigenvalue weighted by molar-refractivity contribution is 0.824. The molecular weight excluding hydrogens is 294 g/mol. The molecule has 0 aliphatic heterocycles. The van der Waals surface area contributed by atoms with E-state index in [1.807, 2.05) is 0 Å². The maximum absolute atomic E-state index is 3.65. The number of hydrogen-bond acceptors (Lipinski definition) is 1. The smallest absolute Gasteiger partial charge is 0.161 e. The van der Waals surface area contributed by atoms with E-state index in [4.69, 9.17) is 0 Å². The zero-order valence-corrected chi connectivity index (χ0v) is 14.6. The lowest BCUT2D eigenvalue weighted by Gasteiger charge is -2.34. The van der Waals surface area contributed by atoms with Gasteiger partial charge in [-0.15, -0.1) is 0 Å². The Bertz CT molecular complexity index is 614. The fourth-order valence-electron chi connectivity index (χ4n) is 3.29. The molecule has 0 aliphatic carbocycles. The molecule has 3 aromatic carbocycles. The van der Waals surface area contributed by atoms with E-state index >= 15 is 0 Å². The summed E-state index contributed by atoms with van der Waals surface area (Å²) in [6.07, 6.45) is 1.02. The highest BCUT2D eigenvalue weighted by Crippen LogP contribution is 2.07. The molecule has 0 amide bonds. The van der Waals surface area contributed by atoms with Crippen LogP contribution in [0.3, 0.4) is 0 Å². The van der Waals surface area contributed by atoms with Crippen LogP contribution in [-0.2, 0) is 0 Å². The van der Waals surface area contributed by atoms with Crippen LogP contribution in [0.1, 0.15) is 6.92 Å². The predicted octanol–water partition coefficient (Wildman–Crippen LogP) is 2.31. The third-order valence-corrected chi connectivity index (χ3v) is 9.18. The first-order valence-electron chi connectivity index (χ1n) is 8.25. The van der Waals surface area contributed by atoms with Crippen molar-refractivity contribution >= 4 is 23.6 Å². The summed E-state index contributed by atoms with van der Waals surface area (Å²) in [5.41, 5.74) is 0. The van der Waals surface area contributed by atoms with Crippen molar-refractivity contribution in [2.45, 2.75) is 6.92 Å². The highest BCUT2D eigenvalue weighted by molar-refractivity contribution is 7.11. The molecule has 1 N–H and O–H groups in total. The van der Waals surface area contributed by atoms with Crippen LogP contribution in [0.4, 0.5) is 0 Å². The highest BCUT2D eigenvalue weighted by Gasteiger charge is 2.38. The monoisotopic (exact) mass is 317 g/mol. The van der Waals surface area contributed by atoms with Crippen LogP contribution in [0.15, 0.2) is 91.0 Å². The van der Waals surface area contributed by atoms with Crippen molar-refractivity contribution in [3.05, 3.63) is 91.0 Å². The van der Waals surface area contributed by atoms with Gasteiger partial charge >= 0.3 is 0 Å². The highest BCUT2D eigenvalue weighted by atomic mass is 28.3. The Hall–Kier alpha value is -2.16. The van der Waals surface area contributed by atoms with E-state index in [0.29, 0.717) is 0 Å². The van der Waals surface area contributed by atoms with Gasteiger partial charge in [-0.2, -0.15) is 0 Å². The molecule has 3 aromatic rings. The van der Waals surface area contributed by atoms with Crippen LogP contribution in [0.2, 0.25) is 0 Å². The van der Waals surface area contributed by atoms with Crippen molar-refractivity contribution in [3.63, 3.8) is 0 Å². The van der Waals surface area contributed by atoms with Gasteiger partial charge in [0.2, 0.25) is 0 Å². The lowest BCUT2D eigenvalue weighted by Crippen LogP contribution is -2.72. The first kappa shape index (κ1) is 15.7. The summed E-state index contributed by atoms with van der Waals surface area (Å²) in [6, 6.07) is 33.1. The van der Waals surface area contributed by atoms with Crippen molar-refractivity contribution in [1.29, 1.82) is 0 Å². The second-order valence-electron chi connectivity index (χ2n) is 5.78. The van der Waals surface area contributed by atoms with E-state index in [0.717, 1.165) is 12.7 Å². The molecule has 0 unspecified atom stereocenters. The van der Waals surface area contributed by atoms with Crippen LogP contribution in [0, 0.1) is 0 Å². The van der Waals surface area contributed by atoms with Gasteiger partial charge in [-0.25, -0.2) is 0 Å². The van der Waals surface area contributed by atoms with Gasteiger partial charge in [0, 0.05) is 6.17 Å². The summed E-state index contributed by atoms with van der Waals surface area (Å²) in [5.74, 6) is 0. The van der Waals surface area contributed by atoms with E-state index < -0.39 is 8.07 Å². The molecule has 0 bridgehead atoms. The van der Waals surface area contributed by atoms with E-state index in [1.165, 1.54) is 15.6 Å². The number of rotatable bonds is 6. The molecule has 0 spiro atoms. The Morgan fingerprint density at radius 1 is 0.609 bits per heavy atom. The van der Waals surface area contributed by atoms with Crippen molar-refractivity contribution in [2.24, 2.45) is 0 Å². The molecule has 0 aliphatic rings. The Labute approximate surface area is 140 Å². The van der Waals surface area contributed by atoms with Gasteiger partial charge < -0.3 is 5.32 Å². The summed E-state index contributed by atoms with van der Waals surface area (Å²) in [4.78, 5) is 0. The SMILES string of the molecule is CCNC[Si](c1ccccc1)(c1ccccc1)c1ccccc1. The Kier molecular flexibility index (Phi) is 5.06. The summed E-state index contributed by atoms with van der Waals surface area (Å²) in [6.45, 7) is 3.17. The van der Waals surface area contributed by atoms with Crippen LogP contribution in [-0.4, -0.2) is 20.8 Å². The van der Waals surface area contributed by atoms with Gasteiger partial charge in [0.05, 0.1) is 0 Å². The maximum Gasteiger partial charge on any atom is 0.161 e. The first-order chi connectivity index (χ1) is 11.4. The largest absolute Gasteiger partial charge is 0.319 e. The zero-order valence-electron chi connectivity index (χ0n) is 13.6. The Morgan fingerprint density at radius 3 is 1.26 bits per heavy atom. The predicted molar refractivity (Wildman–Crippen MR) is 103 cm³/mol. The van der Waals surface area contributed by atoms with E-state index in [2.05, 4.69) is 103 Å². The van der Waals surface area contributed by atoms with Gasteiger partial charge in [-0.3, -0.25) is 0 Å². The molecule has 0 aromatic heterocycles. The Morgan fingerprint density at radius 2 is 0.957 bits per heavy atom. The minimum atomic E-state index is -2.06.